The van der Waals surface area contributed by atoms with Gasteiger partial charge in [0.25, 0.3) is 0 Å². The Balaban J connectivity index is 2.16. The highest BCUT2D eigenvalue weighted by atomic mass is 16.6. The molecule has 4 nitrogen and oxygen atoms in total. The Morgan fingerprint density at radius 2 is 2.00 bits per heavy atom. The van der Waals surface area contributed by atoms with Crippen LogP contribution < -0.4 is 0 Å². The van der Waals surface area contributed by atoms with E-state index in [0.29, 0.717) is 0 Å². The summed E-state index contributed by atoms with van der Waals surface area (Å²) in [6.07, 6.45) is 3.28. The number of piperidine rings is 2. The number of amides is 1. The number of Topliss-reactive ketones (excluding diaryl/α,β-unsaturated/α-hetero) is 1. The number of hydrogen-bond donors (Lipinski definition) is 0. The van der Waals surface area contributed by atoms with Gasteiger partial charge in [0.15, 0.2) is 5.78 Å². The molecule has 0 N–H and O–H groups in total. The zero-order valence-electron chi connectivity index (χ0n) is 11.7. The van der Waals surface area contributed by atoms with Crippen LogP contribution in [0.4, 0.5) is 4.79 Å². The Morgan fingerprint density at radius 1 is 1.33 bits per heavy atom. The Labute approximate surface area is 109 Å². The highest BCUT2D eigenvalue weighted by molar-refractivity contribution is 5.90. The van der Waals surface area contributed by atoms with Crippen LogP contribution in [0.15, 0.2) is 0 Å². The predicted molar refractivity (Wildman–Crippen MR) is 68.3 cm³/mol. The molecule has 0 aromatic heterocycles. The third kappa shape index (κ3) is 2.52. The molecule has 0 saturated carbocycles. The molecule has 102 valence electrons. The Hall–Kier alpha value is -1.06. The molecule has 0 spiro atoms. The molecule has 18 heavy (non-hydrogen) atoms. The molecule has 2 aliphatic heterocycles. The first-order chi connectivity index (χ1) is 8.29. The van der Waals surface area contributed by atoms with Gasteiger partial charge >= 0.3 is 6.09 Å². The standard InChI is InChI=1S/C14H23NO3/c1-9-8-10-6-5-7-11(12(9)16)15(10)13(17)18-14(2,3)4/h9-11H,5-8H2,1-4H3. The van der Waals surface area contributed by atoms with E-state index in [0.717, 1.165) is 25.7 Å². The largest absolute Gasteiger partial charge is 0.444 e. The van der Waals surface area contributed by atoms with Gasteiger partial charge in [0.1, 0.15) is 5.60 Å². The van der Waals surface area contributed by atoms with E-state index in [1.807, 2.05) is 27.7 Å². The van der Waals surface area contributed by atoms with E-state index in [2.05, 4.69) is 0 Å². The van der Waals surface area contributed by atoms with Gasteiger partial charge < -0.3 is 4.74 Å². The highest BCUT2D eigenvalue weighted by Gasteiger charge is 2.46. The van der Waals surface area contributed by atoms with Crippen molar-refractivity contribution in [3.63, 3.8) is 0 Å². The molecular weight excluding hydrogens is 230 g/mol. The predicted octanol–water partition coefficient (Wildman–Crippen LogP) is 2.75. The third-order valence-corrected chi connectivity index (χ3v) is 3.79. The smallest absolute Gasteiger partial charge is 0.411 e. The zero-order valence-corrected chi connectivity index (χ0v) is 11.7. The van der Waals surface area contributed by atoms with E-state index in [1.54, 1.807) is 4.90 Å². The lowest BCUT2D eigenvalue weighted by atomic mass is 9.78. The number of nitrogens with zero attached hydrogens (tertiary/aromatic N) is 1. The van der Waals surface area contributed by atoms with Crippen LogP contribution in [-0.2, 0) is 9.53 Å². The van der Waals surface area contributed by atoms with Crippen molar-refractivity contribution in [2.24, 2.45) is 5.92 Å². The van der Waals surface area contributed by atoms with Crippen LogP contribution in [0.5, 0.6) is 0 Å². The summed E-state index contributed by atoms with van der Waals surface area (Å²) >= 11 is 0. The second-order valence-electron chi connectivity index (χ2n) is 6.53. The topological polar surface area (TPSA) is 46.6 Å². The van der Waals surface area contributed by atoms with Gasteiger partial charge in [-0.3, -0.25) is 9.69 Å². The van der Waals surface area contributed by atoms with Crippen molar-refractivity contribution < 1.29 is 14.3 Å². The van der Waals surface area contributed by atoms with Crippen molar-refractivity contribution >= 4 is 11.9 Å². The maximum absolute atomic E-state index is 12.2. The summed E-state index contributed by atoms with van der Waals surface area (Å²) in [4.78, 5) is 26.1. The first kappa shape index (κ1) is 13.4. The molecule has 2 aliphatic rings. The molecule has 2 heterocycles. The molecule has 3 atom stereocenters. The van der Waals surface area contributed by atoms with E-state index in [1.165, 1.54) is 0 Å². The van der Waals surface area contributed by atoms with Crippen LogP contribution >= 0.6 is 0 Å². The van der Waals surface area contributed by atoms with Gasteiger partial charge in [0, 0.05) is 12.0 Å². The van der Waals surface area contributed by atoms with Gasteiger partial charge in [-0.05, 0) is 46.5 Å². The SMILES string of the molecule is CC1CC2CCCC(C1=O)N2C(=O)OC(C)(C)C. The number of fused-ring (bicyclic) bond motifs is 2. The normalized spacial score (nSPS) is 32.3. The molecule has 2 saturated heterocycles. The van der Waals surface area contributed by atoms with E-state index in [4.69, 9.17) is 4.74 Å². The average Bonchev–Trinajstić information content (AvgIpc) is 2.23. The monoisotopic (exact) mass is 253 g/mol. The summed E-state index contributed by atoms with van der Waals surface area (Å²) in [6.45, 7) is 7.54. The minimum atomic E-state index is -0.502. The van der Waals surface area contributed by atoms with Crippen LogP contribution in [0.25, 0.3) is 0 Å². The number of carbonyl (C=O) groups is 2. The zero-order chi connectivity index (χ0) is 13.5. The minimum Gasteiger partial charge on any atom is -0.444 e. The molecule has 4 heteroatoms. The molecule has 0 aromatic rings. The average molecular weight is 253 g/mol. The van der Waals surface area contributed by atoms with Crippen molar-refractivity contribution in [3.8, 4) is 0 Å². The first-order valence-electron chi connectivity index (χ1n) is 6.84. The Kier molecular flexibility index (Phi) is 3.39. The van der Waals surface area contributed by atoms with E-state index in [9.17, 15) is 9.59 Å². The second kappa shape index (κ2) is 4.56. The third-order valence-electron chi connectivity index (χ3n) is 3.79. The van der Waals surface area contributed by atoms with Crippen LogP contribution in [0.2, 0.25) is 0 Å². The molecule has 0 aromatic carbocycles. The van der Waals surface area contributed by atoms with Crippen molar-refractivity contribution in [2.75, 3.05) is 0 Å². The summed E-state index contributed by atoms with van der Waals surface area (Å²) in [5.74, 6) is 0.288. The number of hydrogen-bond acceptors (Lipinski definition) is 3. The van der Waals surface area contributed by atoms with Gasteiger partial charge in [0.05, 0.1) is 6.04 Å². The minimum absolute atomic E-state index is 0.0824. The molecule has 2 rings (SSSR count). The summed E-state index contributed by atoms with van der Waals surface area (Å²) in [7, 11) is 0. The molecular formula is C14H23NO3. The van der Waals surface area contributed by atoms with Gasteiger partial charge in [-0.2, -0.15) is 0 Å². The van der Waals surface area contributed by atoms with Crippen LogP contribution in [0.1, 0.15) is 53.4 Å². The van der Waals surface area contributed by atoms with Gasteiger partial charge in [-0.15, -0.1) is 0 Å². The number of ketones is 1. The number of rotatable bonds is 0. The van der Waals surface area contributed by atoms with E-state index >= 15 is 0 Å². The Morgan fingerprint density at radius 3 is 2.61 bits per heavy atom. The van der Waals surface area contributed by atoms with Crippen molar-refractivity contribution in [3.05, 3.63) is 0 Å². The number of ether oxygens (including phenoxy) is 1. The van der Waals surface area contributed by atoms with Gasteiger partial charge in [-0.1, -0.05) is 6.92 Å². The molecule has 0 aliphatic carbocycles. The fourth-order valence-electron chi connectivity index (χ4n) is 3.03. The van der Waals surface area contributed by atoms with E-state index < -0.39 is 5.60 Å². The Bertz CT molecular complexity index is 359. The summed E-state index contributed by atoms with van der Waals surface area (Å²) in [6, 6.07) is -0.0614. The van der Waals surface area contributed by atoms with Crippen LogP contribution in [-0.4, -0.2) is 34.5 Å². The maximum Gasteiger partial charge on any atom is 0.411 e. The van der Waals surface area contributed by atoms with Gasteiger partial charge in [-0.25, -0.2) is 4.79 Å². The second-order valence-corrected chi connectivity index (χ2v) is 6.53. The molecule has 3 unspecified atom stereocenters. The molecule has 1 amide bonds. The quantitative estimate of drug-likeness (QED) is 0.667. The molecule has 0 radical (unpaired) electrons. The summed E-state index contributed by atoms with van der Waals surface area (Å²) in [5, 5.41) is 0. The van der Waals surface area contributed by atoms with Crippen molar-refractivity contribution in [2.45, 2.75) is 71.1 Å². The summed E-state index contributed by atoms with van der Waals surface area (Å²) < 4.78 is 5.43. The highest BCUT2D eigenvalue weighted by Crippen LogP contribution is 2.35. The fraction of sp³-hybridized carbons (Fsp3) is 0.857. The van der Waals surface area contributed by atoms with Gasteiger partial charge in [0.2, 0.25) is 0 Å². The summed E-state index contributed by atoms with van der Waals surface area (Å²) in [5.41, 5.74) is -0.502. The lowest BCUT2D eigenvalue weighted by Crippen LogP contribution is -2.59. The van der Waals surface area contributed by atoms with Crippen LogP contribution in [0.3, 0.4) is 0 Å². The lowest BCUT2D eigenvalue weighted by Gasteiger charge is -2.46. The fourth-order valence-corrected chi connectivity index (χ4v) is 3.03. The van der Waals surface area contributed by atoms with Crippen LogP contribution in [0, 0.1) is 5.92 Å². The molecule has 2 fully saturated rings. The van der Waals surface area contributed by atoms with Crippen molar-refractivity contribution in [1.82, 2.24) is 4.90 Å². The van der Waals surface area contributed by atoms with Crippen molar-refractivity contribution in [1.29, 1.82) is 0 Å². The molecule has 2 bridgehead atoms. The maximum atomic E-state index is 12.2. The lowest BCUT2D eigenvalue weighted by molar-refractivity contribution is -0.136. The van der Waals surface area contributed by atoms with E-state index in [-0.39, 0.29) is 29.9 Å². The first-order valence-corrected chi connectivity index (χ1v) is 6.84. The number of carbonyl (C=O) groups excluding carboxylic acids is 2.